The summed E-state index contributed by atoms with van der Waals surface area (Å²) in [6, 6.07) is 5.29. The molecule has 0 amide bonds. The second kappa shape index (κ2) is 5.67. The lowest BCUT2D eigenvalue weighted by Gasteiger charge is -2.17. The largest absolute Gasteiger partial charge is 0.271 e. The van der Waals surface area contributed by atoms with Crippen LogP contribution in [0.2, 0.25) is 10.0 Å². The molecule has 5 nitrogen and oxygen atoms in total. The SMILES string of the molecule is Cn1ncnc1CC(NN)c1cccc(Cl)c1Cl. The topological polar surface area (TPSA) is 68.8 Å². The molecule has 18 heavy (non-hydrogen) atoms. The predicted octanol–water partition coefficient (Wildman–Crippen LogP) is 1.87. The number of hydrazine groups is 1. The Labute approximate surface area is 115 Å². The number of nitrogens with one attached hydrogen (secondary N) is 1. The maximum atomic E-state index is 6.18. The van der Waals surface area contributed by atoms with Crippen LogP contribution in [-0.4, -0.2) is 14.8 Å². The normalized spacial score (nSPS) is 12.7. The standard InChI is InChI=1S/C11H13Cl2N5/c1-18-10(15-6-16-18)5-9(17-14)7-3-2-4-8(12)11(7)13/h2-4,6,9,17H,5,14H2,1H3. The molecule has 0 aliphatic carbocycles. The van der Waals surface area contributed by atoms with E-state index in [4.69, 9.17) is 29.0 Å². The Morgan fingerprint density at radius 3 is 2.83 bits per heavy atom. The summed E-state index contributed by atoms with van der Waals surface area (Å²) < 4.78 is 1.70. The first-order valence-electron chi connectivity index (χ1n) is 5.36. The van der Waals surface area contributed by atoms with E-state index in [-0.39, 0.29) is 6.04 Å². The number of aromatic nitrogens is 3. The number of aryl methyl sites for hydroxylation is 1. The summed E-state index contributed by atoms with van der Waals surface area (Å²) in [4.78, 5) is 4.16. The summed E-state index contributed by atoms with van der Waals surface area (Å²) in [5.74, 6) is 6.40. The maximum absolute atomic E-state index is 6.18. The summed E-state index contributed by atoms with van der Waals surface area (Å²) in [7, 11) is 1.83. The van der Waals surface area contributed by atoms with Gasteiger partial charge in [0.15, 0.2) is 0 Å². The van der Waals surface area contributed by atoms with Gasteiger partial charge >= 0.3 is 0 Å². The second-order valence-corrected chi connectivity index (χ2v) is 4.65. The van der Waals surface area contributed by atoms with Crippen LogP contribution in [0, 0.1) is 0 Å². The van der Waals surface area contributed by atoms with E-state index in [0.29, 0.717) is 16.5 Å². The summed E-state index contributed by atoms with van der Waals surface area (Å²) in [5.41, 5.74) is 3.57. The van der Waals surface area contributed by atoms with E-state index < -0.39 is 0 Å². The molecule has 7 heteroatoms. The van der Waals surface area contributed by atoms with E-state index in [0.717, 1.165) is 11.4 Å². The molecule has 1 heterocycles. The van der Waals surface area contributed by atoms with Gasteiger partial charge in [-0.3, -0.25) is 16.0 Å². The first-order chi connectivity index (χ1) is 8.63. The van der Waals surface area contributed by atoms with Gasteiger partial charge in [-0.15, -0.1) is 0 Å². The van der Waals surface area contributed by atoms with E-state index >= 15 is 0 Å². The molecule has 1 aromatic carbocycles. The lowest BCUT2D eigenvalue weighted by Crippen LogP contribution is -2.30. The monoisotopic (exact) mass is 285 g/mol. The Morgan fingerprint density at radius 1 is 1.44 bits per heavy atom. The Balaban J connectivity index is 2.29. The minimum atomic E-state index is -0.168. The fourth-order valence-corrected chi connectivity index (χ4v) is 2.18. The van der Waals surface area contributed by atoms with Crippen molar-refractivity contribution < 1.29 is 0 Å². The number of hydrogen-bond donors (Lipinski definition) is 2. The minimum Gasteiger partial charge on any atom is -0.271 e. The van der Waals surface area contributed by atoms with Gasteiger partial charge < -0.3 is 0 Å². The molecule has 0 aliphatic rings. The number of rotatable bonds is 4. The fourth-order valence-electron chi connectivity index (χ4n) is 1.74. The highest BCUT2D eigenvalue weighted by molar-refractivity contribution is 6.42. The molecule has 0 fully saturated rings. The summed E-state index contributed by atoms with van der Waals surface area (Å²) in [6.45, 7) is 0. The van der Waals surface area contributed by atoms with Gasteiger partial charge in [-0.25, -0.2) is 4.98 Å². The van der Waals surface area contributed by atoms with Gasteiger partial charge in [-0.1, -0.05) is 35.3 Å². The van der Waals surface area contributed by atoms with Crippen molar-refractivity contribution in [2.24, 2.45) is 12.9 Å². The van der Waals surface area contributed by atoms with Crippen molar-refractivity contribution in [1.29, 1.82) is 0 Å². The number of halogens is 2. The first-order valence-corrected chi connectivity index (χ1v) is 6.12. The quantitative estimate of drug-likeness (QED) is 0.665. The van der Waals surface area contributed by atoms with Crippen LogP contribution in [0.1, 0.15) is 17.4 Å². The molecular formula is C11H13Cl2N5. The third kappa shape index (κ3) is 2.64. The van der Waals surface area contributed by atoms with Gasteiger partial charge in [0.05, 0.1) is 16.1 Å². The smallest absolute Gasteiger partial charge is 0.138 e. The van der Waals surface area contributed by atoms with Crippen molar-refractivity contribution >= 4 is 23.2 Å². The van der Waals surface area contributed by atoms with E-state index in [1.54, 1.807) is 10.7 Å². The Bertz CT molecular complexity index is 540. The van der Waals surface area contributed by atoms with E-state index in [2.05, 4.69) is 15.5 Å². The van der Waals surface area contributed by atoms with Gasteiger partial charge in [0.25, 0.3) is 0 Å². The average Bonchev–Trinajstić information content (AvgIpc) is 2.76. The van der Waals surface area contributed by atoms with Crippen LogP contribution in [0.4, 0.5) is 0 Å². The molecule has 0 spiro atoms. The predicted molar refractivity (Wildman–Crippen MR) is 71.2 cm³/mol. The molecule has 1 aromatic heterocycles. The number of benzene rings is 1. The molecule has 2 aromatic rings. The van der Waals surface area contributed by atoms with Crippen LogP contribution in [0.3, 0.4) is 0 Å². The molecule has 2 rings (SSSR count). The van der Waals surface area contributed by atoms with Crippen LogP contribution in [0.15, 0.2) is 24.5 Å². The Morgan fingerprint density at radius 2 is 2.22 bits per heavy atom. The molecule has 96 valence electrons. The van der Waals surface area contributed by atoms with Gasteiger partial charge in [0, 0.05) is 13.5 Å². The summed E-state index contributed by atoms with van der Waals surface area (Å²) >= 11 is 12.2. The lowest BCUT2D eigenvalue weighted by molar-refractivity contribution is 0.523. The molecule has 1 unspecified atom stereocenters. The molecule has 3 N–H and O–H groups in total. The van der Waals surface area contributed by atoms with Crippen molar-refractivity contribution in [2.75, 3.05) is 0 Å². The van der Waals surface area contributed by atoms with Crippen LogP contribution in [0.25, 0.3) is 0 Å². The van der Waals surface area contributed by atoms with Crippen LogP contribution < -0.4 is 11.3 Å². The van der Waals surface area contributed by atoms with E-state index in [1.165, 1.54) is 6.33 Å². The van der Waals surface area contributed by atoms with Crippen molar-refractivity contribution in [3.63, 3.8) is 0 Å². The van der Waals surface area contributed by atoms with Crippen LogP contribution >= 0.6 is 23.2 Å². The first kappa shape index (κ1) is 13.3. The van der Waals surface area contributed by atoms with Gasteiger partial charge in [-0.05, 0) is 11.6 Å². The number of hydrogen-bond acceptors (Lipinski definition) is 4. The van der Waals surface area contributed by atoms with Crippen molar-refractivity contribution in [2.45, 2.75) is 12.5 Å². The minimum absolute atomic E-state index is 0.168. The maximum Gasteiger partial charge on any atom is 0.138 e. The molecule has 0 saturated carbocycles. The number of nitrogens with zero attached hydrogens (tertiary/aromatic N) is 3. The van der Waals surface area contributed by atoms with Gasteiger partial charge in [0.1, 0.15) is 12.2 Å². The van der Waals surface area contributed by atoms with Crippen LogP contribution in [-0.2, 0) is 13.5 Å². The fraction of sp³-hybridized carbons (Fsp3) is 0.273. The number of nitrogens with two attached hydrogens (primary N) is 1. The zero-order valence-electron chi connectivity index (χ0n) is 9.77. The van der Waals surface area contributed by atoms with Crippen molar-refractivity contribution in [3.05, 3.63) is 46.0 Å². The molecule has 0 radical (unpaired) electrons. The third-order valence-corrected chi connectivity index (χ3v) is 3.58. The highest BCUT2D eigenvalue weighted by atomic mass is 35.5. The molecule has 0 saturated heterocycles. The zero-order chi connectivity index (χ0) is 13.1. The zero-order valence-corrected chi connectivity index (χ0v) is 11.3. The Hall–Kier alpha value is -1.14. The van der Waals surface area contributed by atoms with E-state index in [9.17, 15) is 0 Å². The second-order valence-electron chi connectivity index (χ2n) is 3.87. The molecule has 0 aliphatic heterocycles. The Kier molecular flexibility index (Phi) is 4.19. The van der Waals surface area contributed by atoms with Gasteiger partial charge in [-0.2, -0.15) is 5.10 Å². The third-order valence-electron chi connectivity index (χ3n) is 2.75. The lowest BCUT2D eigenvalue weighted by atomic mass is 10.0. The summed E-state index contributed by atoms with van der Waals surface area (Å²) in [6.07, 6.45) is 2.08. The summed E-state index contributed by atoms with van der Waals surface area (Å²) in [5, 5.41) is 5.03. The van der Waals surface area contributed by atoms with Crippen molar-refractivity contribution in [3.8, 4) is 0 Å². The van der Waals surface area contributed by atoms with Gasteiger partial charge in [0.2, 0.25) is 0 Å². The highest BCUT2D eigenvalue weighted by Crippen LogP contribution is 2.30. The van der Waals surface area contributed by atoms with Crippen LogP contribution in [0.5, 0.6) is 0 Å². The van der Waals surface area contributed by atoms with E-state index in [1.807, 2.05) is 19.2 Å². The average molecular weight is 286 g/mol. The van der Waals surface area contributed by atoms with Crippen molar-refractivity contribution in [1.82, 2.24) is 20.2 Å². The molecule has 0 bridgehead atoms. The highest BCUT2D eigenvalue weighted by Gasteiger charge is 2.17. The molecule has 1 atom stereocenters. The molecular weight excluding hydrogens is 273 g/mol.